The molecule has 1 aliphatic carbocycles. The summed E-state index contributed by atoms with van der Waals surface area (Å²) in [7, 11) is 0. The first-order valence-electron chi connectivity index (χ1n) is 7.01. The van der Waals surface area contributed by atoms with Crippen LogP contribution in [0.15, 0.2) is 18.3 Å². The minimum absolute atomic E-state index is 0.0262. The average molecular weight is 247 g/mol. The Kier molecular flexibility index (Phi) is 3.37. The average Bonchev–Trinajstić information content (AvgIpc) is 3.12. The number of nitrogens with one attached hydrogen (secondary N) is 2. The first-order valence-corrected chi connectivity index (χ1v) is 7.01. The van der Waals surface area contributed by atoms with Gasteiger partial charge in [0, 0.05) is 31.4 Å². The standard InChI is InChI=1S/C14H21N3O/c18-14(13-6-3-8-15-13)16-11-7-9-17(10-11)12-4-1-2-5-12/h3,6,8,11-12,15H,1-2,4-5,7,9-10H2,(H,16,18). The van der Waals surface area contributed by atoms with Crippen molar-refractivity contribution in [2.24, 2.45) is 0 Å². The zero-order valence-electron chi connectivity index (χ0n) is 10.7. The molecule has 1 unspecified atom stereocenters. The van der Waals surface area contributed by atoms with Gasteiger partial charge in [0.15, 0.2) is 0 Å². The third kappa shape index (κ3) is 2.43. The zero-order valence-corrected chi connectivity index (χ0v) is 10.7. The molecule has 1 saturated heterocycles. The lowest BCUT2D eigenvalue weighted by Crippen LogP contribution is -2.39. The molecule has 1 amide bonds. The fourth-order valence-electron chi connectivity index (χ4n) is 3.24. The molecule has 1 aromatic rings. The summed E-state index contributed by atoms with van der Waals surface area (Å²) in [5, 5.41) is 3.12. The summed E-state index contributed by atoms with van der Waals surface area (Å²) < 4.78 is 0. The number of hydrogen-bond donors (Lipinski definition) is 2. The van der Waals surface area contributed by atoms with Gasteiger partial charge in [-0.2, -0.15) is 0 Å². The molecule has 98 valence electrons. The van der Waals surface area contributed by atoms with E-state index in [1.54, 1.807) is 6.20 Å². The van der Waals surface area contributed by atoms with E-state index < -0.39 is 0 Å². The smallest absolute Gasteiger partial charge is 0.267 e. The van der Waals surface area contributed by atoms with Gasteiger partial charge in [0.25, 0.3) is 5.91 Å². The highest BCUT2D eigenvalue weighted by molar-refractivity contribution is 5.92. The number of carbonyl (C=O) groups excluding carboxylic acids is 1. The van der Waals surface area contributed by atoms with Crippen LogP contribution in [0.25, 0.3) is 0 Å². The van der Waals surface area contributed by atoms with E-state index in [-0.39, 0.29) is 5.91 Å². The number of aromatic nitrogens is 1. The number of carbonyl (C=O) groups is 1. The number of nitrogens with zero attached hydrogens (tertiary/aromatic N) is 1. The molecule has 18 heavy (non-hydrogen) atoms. The minimum atomic E-state index is 0.0262. The van der Waals surface area contributed by atoms with Crippen LogP contribution in [0.4, 0.5) is 0 Å². The molecular weight excluding hydrogens is 226 g/mol. The van der Waals surface area contributed by atoms with Crippen molar-refractivity contribution in [1.29, 1.82) is 0 Å². The number of aromatic amines is 1. The molecule has 1 saturated carbocycles. The van der Waals surface area contributed by atoms with Crippen LogP contribution in [0.1, 0.15) is 42.6 Å². The quantitative estimate of drug-likeness (QED) is 0.855. The molecule has 1 atom stereocenters. The van der Waals surface area contributed by atoms with Crippen molar-refractivity contribution in [3.8, 4) is 0 Å². The topological polar surface area (TPSA) is 48.1 Å². The van der Waals surface area contributed by atoms with E-state index in [2.05, 4.69) is 15.2 Å². The molecule has 1 aliphatic heterocycles. The molecule has 4 nitrogen and oxygen atoms in total. The van der Waals surface area contributed by atoms with Gasteiger partial charge in [-0.05, 0) is 31.4 Å². The van der Waals surface area contributed by atoms with Crippen LogP contribution >= 0.6 is 0 Å². The van der Waals surface area contributed by atoms with Crippen LogP contribution in [0.2, 0.25) is 0 Å². The van der Waals surface area contributed by atoms with E-state index in [1.807, 2.05) is 12.1 Å². The summed E-state index contributed by atoms with van der Waals surface area (Å²) in [4.78, 5) is 17.4. The monoisotopic (exact) mass is 247 g/mol. The molecule has 0 bridgehead atoms. The molecule has 0 radical (unpaired) electrons. The van der Waals surface area contributed by atoms with E-state index >= 15 is 0 Å². The molecule has 1 aromatic heterocycles. The summed E-state index contributed by atoms with van der Waals surface area (Å²) in [5.41, 5.74) is 0.661. The molecule has 3 rings (SSSR count). The maximum absolute atomic E-state index is 11.9. The number of amides is 1. The highest BCUT2D eigenvalue weighted by atomic mass is 16.1. The fourth-order valence-corrected chi connectivity index (χ4v) is 3.24. The van der Waals surface area contributed by atoms with Crippen LogP contribution < -0.4 is 5.32 Å². The summed E-state index contributed by atoms with van der Waals surface area (Å²) in [6, 6.07) is 4.77. The Balaban J connectivity index is 1.51. The molecule has 0 aromatic carbocycles. The predicted octanol–water partition coefficient (Wildman–Crippen LogP) is 1.76. The van der Waals surface area contributed by atoms with Gasteiger partial charge in [-0.1, -0.05) is 12.8 Å². The normalized spacial score (nSPS) is 25.7. The van der Waals surface area contributed by atoms with Crippen molar-refractivity contribution in [1.82, 2.24) is 15.2 Å². The van der Waals surface area contributed by atoms with Gasteiger partial charge in [0.1, 0.15) is 5.69 Å². The van der Waals surface area contributed by atoms with Crippen molar-refractivity contribution < 1.29 is 4.79 Å². The van der Waals surface area contributed by atoms with E-state index in [1.165, 1.54) is 25.7 Å². The number of rotatable bonds is 3. The maximum Gasteiger partial charge on any atom is 0.267 e. The maximum atomic E-state index is 11.9. The van der Waals surface area contributed by atoms with Crippen molar-refractivity contribution in [3.63, 3.8) is 0 Å². The SMILES string of the molecule is O=C(NC1CCN(C2CCCC2)C1)c1ccc[nH]1. The van der Waals surface area contributed by atoms with Crippen LogP contribution in [-0.4, -0.2) is 41.0 Å². The molecular formula is C14H21N3O. The fraction of sp³-hybridized carbons (Fsp3) is 0.643. The highest BCUT2D eigenvalue weighted by Crippen LogP contribution is 2.26. The van der Waals surface area contributed by atoms with Crippen LogP contribution in [-0.2, 0) is 0 Å². The second kappa shape index (κ2) is 5.14. The lowest BCUT2D eigenvalue weighted by atomic mass is 10.2. The van der Waals surface area contributed by atoms with Gasteiger partial charge in [-0.3, -0.25) is 9.69 Å². The van der Waals surface area contributed by atoms with Gasteiger partial charge in [0.05, 0.1) is 0 Å². The Hall–Kier alpha value is -1.29. The third-order valence-electron chi connectivity index (χ3n) is 4.24. The van der Waals surface area contributed by atoms with Crippen LogP contribution in [0.3, 0.4) is 0 Å². The molecule has 2 N–H and O–H groups in total. The lowest BCUT2D eigenvalue weighted by molar-refractivity contribution is 0.0932. The Morgan fingerprint density at radius 2 is 2.17 bits per heavy atom. The summed E-state index contributed by atoms with van der Waals surface area (Å²) in [6.07, 6.45) is 8.31. The van der Waals surface area contributed by atoms with Crippen molar-refractivity contribution in [2.75, 3.05) is 13.1 Å². The number of hydrogen-bond acceptors (Lipinski definition) is 2. The van der Waals surface area contributed by atoms with Crippen LogP contribution in [0.5, 0.6) is 0 Å². The second-order valence-corrected chi connectivity index (χ2v) is 5.48. The summed E-state index contributed by atoms with van der Waals surface area (Å²) in [6.45, 7) is 2.16. The summed E-state index contributed by atoms with van der Waals surface area (Å²) in [5.74, 6) is 0.0262. The molecule has 0 spiro atoms. The number of likely N-dealkylation sites (tertiary alicyclic amines) is 1. The van der Waals surface area contributed by atoms with Gasteiger partial charge < -0.3 is 10.3 Å². The predicted molar refractivity (Wildman–Crippen MR) is 70.5 cm³/mol. The van der Waals surface area contributed by atoms with Crippen molar-refractivity contribution >= 4 is 5.91 Å². The first kappa shape index (κ1) is 11.8. The van der Waals surface area contributed by atoms with Gasteiger partial charge in [-0.15, -0.1) is 0 Å². The number of H-pyrrole nitrogens is 1. The van der Waals surface area contributed by atoms with Crippen molar-refractivity contribution in [2.45, 2.75) is 44.2 Å². The van der Waals surface area contributed by atoms with E-state index in [4.69, 9.17) is 0 Å². The third-order valence-corrected chi connectivity index (χ3v) is 4.24. The summed E-state index contributed by atoms with van der Waals surface area (Å²) >= 11 is 0. The Labute approximate surface area is 108 Å². The van der Waals surface area contributed by atoms with Gasteiger partial charge in [-0.25, -0.2) is 0 Å². The largest absolute Gasteiger partial charge is 0.357 e. The molecule has 2 heterocycles. The Bertz CT molecular complexity index is 395. The van der Waals surface area contributed by atoms with Gasteiger partial charge >= 0.3 is 0 Å². The van der Waals surface area contributed by atoms with Crippen molar-refractivity contribution in [3.05, 3.63) is 24.0 Å². The molecule has 4 heteroatoms. The van der Waals surface area contributed by atoms with Gasteiger partial charge in [0.2, 0.25) is 0 Å². The Morgan fingerprint density at radius 1 is 1.33 bits per heavy atom. The van der Waals surface area contributed by atoms with E-state index in [9.17, 15) is 4.79 Å². The first-order chi connectivity index (χ1) is 8.83. The van der Waals surface area contributed by atoms with E-state index in [0.717, 1.165) is 25.6 Å². The second-order valence-electron chi connectivity index (χ2n) is 5.48. The Morgan fingerprint density at radius 3 is 2.89 bits per heavy atom. The molecule has 2 fully saturated rings. The minimum Gasteiger partial charge on any atom is -0.357 e. The molecule has 2 aliphatic rings. The van der Waals surface area contributed by atoms with E-state index in [0.29, 0.717) is 11.7 Å². The van der Waals surface area contributed by atoms with Crippen LogP contribution in [0, 0.1) is 0 Å². The lowest BCUT2D eigenvalue weighted by Gasteiger charge is -2.23. The highest BCUT2D eigenvalue weighted by Gasteiger charge is 2.30. The zero-order chi connectivity index (χ0) is 12.4.